The molecule has 0 saturated carbocycles. The molecule has 17 heavy (non-hydrogen) atoms. The van der Waals surface area contributed by atoms with Crippen LogP contribution in [-0.2, 0) is 9.59 Å². The molecular formula is C12H20N2O2S. The molecule has 1 atom stereocenters. The molecule has 0 aromatic heterocycles. The third-order valence-electron chi connectivity index (χ3n) is 3.58. The number of hydrogen-bond donors (Lipinski definition) is 1. The van der Waals surface area contributed by atoms with E-state index in [0.29, 0.717) is 18.8 Å². The SMILES string of the molecule is O=C1CCCN1CCCN1CC(CS)CC1=O. The van der Waals surface area contributed by atoms with Crippen molar-refractivity contribution >= 4 is 24.4 Å². The molecule has 1 unspecified atom stereocenters. The summed E-state index contributed by atoms with van der Waals surface area (Å²) in [5.41, 5.74) is 0. The predicted molar refractivity (Wildman–Crippen MR) is 69.0 cm³/mol. The van der Waals surface area contributed by atoms with Gasteiger partial charge in [-0.2, -0.15) is 12.6 Å². The Morgan fingerprint density at radius 2 is 1.94 bits per heavy atom. The Morgan fingerprint density at radius 1 is 1.18 bits per heavy atom. The van der Waals surface area contributed by atoms with Gasteiger partial charge in [0.2, 0.25) is 11.8 Å². The van der Waals surface area contributed by atoms with Crippen LogP contribution in [0.1, 0.15) is 25.7 Å². The molecule has 96 valence electrons. The first-order valence-corrected chi connectivity index (χ1v) is 7.00. The predicted octanol–water partition coefficient (Wildman–Crippen LogP) is 0.777. The topological polar surface area (TPSA) is 40.6 Å². The zero-order chi connectivity index (χ0) is 12.3. The number of rotatable bonds is 5. The van der Waals surface area contributed by atoms with Gasteiger partial charge < -0.3 is 9.80 Å². The number of likely N-dealkylation sites (tertiary alicyclic amines) is 2. The quantitative estimate of drug-likeness (QED) is 0.738. The minimum Gasteiger partial charge on any atom is -0.343 e. The minimum atomic E-state index is 0.247. The lowest BCUT2D eigenvalue weighted by atomic mass is 10.1. The molecule has 0 aliphatic carbocycles. The summed E-state index contributed by atoms with van der Waals surface area (Å²) in [6, 6.07) is 0. The lowest BCUT2D eigenvalue weighted by molar-refractivity contribution is -0.128. The van der Waals surface area contributed by atoms with Crippen molar-refractivity contribution in [3.63, 3.8) is 0 Å². The fourth-order valence-electron chi connectivity index (χ4n) is 2.59. The van der Waals surface area contributed by atoms with E-state index in [-0.39, 0.29) is 11.8 Å². The fourth-order valence-corrected chi connectivity index (χ4v) is 2.83. The summed E-state index contributed by atoms with van der Waals surface area (Å²) in [5, 5.41) is 0. The van der Waals surface area contributed by atoms with Crippen LogP contribution >= 0.6 is 12.6 Å². The Morgan fingerprint density at radius 3 is 2.53 bits per heavy atom. The molecule has 2 rings (SSSR count). The third kappa shape index (κ3) is 3.15. The molecule has 2 saturated heterocycles. The van der Waals surface area contributed by atoms with Gasteiger partial charge in [0.1, 0.15) is 0 Å². The average Bonchev–Trinajstić information content (AvgIpc) is 2.87. The first-order chi connectivity index (χ1) is 8.20. The van der Waals surface area contributed by atoms with Gasteiger partial charge in [-0.1, -0.05) is 0 Å². The monoisotopic (exact) mass is 256 g/mol. The maximum atomic E-state index is 11.6. The smallest absolute Gasteiger partial charge is 0.222 e. The van der Waals surface area contributed by atoms with Crippen molar-refractivity contribution in [1.82, 2.24) is 9.80 Å². The van der Waals surface area contributed by atoms with Gasteiger partial charge in [0, 0.05) is 39.0 Å². The van der Waals surface area contributed by atoms with E-state index in [1.54, 1.807) is 0 Å². The van der Waals surface area contributed by atoms with Gasteiger partial charge in [-0.05, 0) is 24.5 Å². The molecule has 0 radical (unpaired) electrons. The Bertz CT molecular complexity index is 309. The standard InChI is InChI=1S/C12H20N2O2S/c15-11-3-1-4-13(11)5-2-6-14-8-10(9-17)7-12(14)16/h10,17H,1-9H2. The van der Waals surface area contributed by atoms with Crippen LogP contribution in [0, 0.1) is 5.92 Å². The summed E-state index contributed by atoms with van der Waals surface area (Å²) in [4.78, 5) is 26.9. The number of nitrogens with zero attached hydrogens (tertiary/aromatic N) is 2. The van der Waals surface area contributed by atoms with E-state index in [4.69, 9.17) is 0 Å². The Labute approximate surface area is 108 Å². The van der Waals surface area contributed by atoms with E-state index in [2.05, 4.69) is 12.6 Å². The number of amides is 2. The summed E-state index contributed by atoms with van der Waals surface area (Å²) < 4.78 is 0. The van der Waals surface area contributed by atoms with Crippen LogP contribution in [-0.4, -0.2) is 53.5 Å². The van der Waals surface area contributed by atoms with Gasteiger partial charge in [0.15, 0.2) is 0 Å². The highest BCUT2D eigenvalue weighted by Gasteiger charge is 2.28. The first-order valence-electron chi connectivity index (χ1n) is 6.37. The molecule has 0 bridgehead atoms. The molecule has 0 aromatic rings. The lowest BCUT2D eigenvalue weighted by Gasteiger charge is -2.19. The van der Waals surface area contributed by atoms with Crippen LogP contribution in [0.15, 0.2) is 0 Å². The van der Waals surface area contributed by atoms with Crippen molar-refractivity contribution in [1.29, 1.82) is 0 Å². The number of carbonyl (C=O) groups is 2. The third-order valence-corrected chi connectivity index (χ3v) is 4.10. The van der Waals surface area contributed by atoms with Crippen molar-refractivity contribution in [2.75, 3.05) is 31.9 Å². The molecule has 0 spiro atoms. The van der Waals surface area contributed by atoms with Crippen LogP contribution in [0.2, 0.25) is 0 Å². The maximum Gasteiger partial charge on any atom is 0.222 e. The van der Waals surface area contributed by atoms with E-state index in [9.17, 15) is 9.59 Å². The summed E-state index contributed by atoms with van der Waals surface area (Å²) in [6.45, 7) is 3.32. The van der Waals surface area contributed by atoms with E-state index < -0.39 is 0 Å². The zero-order valence-electron chi connectivity index (χ0n) is 10.1. The molecule has 2 amide bonds. The Kier molecular flexibility index (Phi) is 4.31. The molecule has 5 heteroatoms. The highest BCUT2D eigenvalue weighted by Crippen LogP contribution is 2.19. The first kappa shape index (κ1) is 12.7. The lowest BCUT2D eigenvalue weighted by Crippen LogP contribution is -2.31. The van der Waals surface area contributed by atoms with Crippen LogP contribution in [0.5, 0.6) is 0 Å². The highest BCUT2D eigenvalue weighted by atomic mass is 32.1. The summed E-state index contributed by atoms with van der Waals surface area (Å²) >= 11 is 4.24. The average molecular weight is 256 g/mol. The van der Waals surface area contributed by atoms with Crippen molar-refractivity contribution in [2.24, 2.45) is 5.92 Å². The molecule has 2 aliphatic heterocycles. The molecule has 2 fully saturated rings. The van der Waals surface area contributed by atoms with Gasteiger partial charge in [0.25, 0.3) is 0 Å². The van der Waals surface area contributed by atoms with Crippen molar-refractivity contribution in [2.45, 2.75) is 25.7 Å². The van der Waals surface area contributed by atoms with Crippen LogP contribution in [0.4, 0.5) is 0 Å². The van der Waals surface area contributed by atoms with Gasteiger partial charge in [-0.15, -0.1) is 0 Å². The highest BCUT2D eigenvalue weighted by molar-refractivity contribution is 7.80. The van der Waals surface area contributed by atoms with Gasteiger partial charge in [-0.25, -0.2) is 0 Å². The maximum absolute atomic E-state index is 11.6. The zero-order valence-corrected chi connectivity index (χ0v) is 11.0. The molecule has 0 N–H and O–H groups in total. The molecule has 2 heterocycles. The summed E-state index contributed by atoms with van der Waals surface area (Å²) in [5.74, 6) is 1.72. The minimum absolute atomic E-state index is 0.247. The summed E-state index contributed by atoms with van der Waals surface area (Å²) in [7, 11) is 0. The van der Waals surface area contributed by atoms with Crippen LogP contribution in [0.3, 0.4) is 0 Å². The van der Waals surface area contributed by atoms with Gasteiger partial charge in [0.05, 0.1) is 0 Å². The van der Waals surface area contributed by atoms with Gasteiger partial charge >= 0.3 is 0 Å². The molecule has 2 aliphatic rings. The Balaban J connectivity index is 1.68. The normalized spacial score (nSPS) is 25.1. The second kappa shape index (κ2) is 5.76. The second-order valence-electron chi connectivity index (χ2n) is 4.93. The van der Waals surface area contributed by atoms with Crippen molar-refractivity contribution < 1.29 is 9.59 Å². The van der Waals surface area contributed by atoms with E-state index >= 15 is 0 Å². The van der Waals surface area contributed by atoms with Crippen LogP contribution < -0.4 is 0 Å². The van der Waals surface area contributed by atoms with E-state index in [0.717, 1.165) is 44.8 Å². The summed E-state index contributed by atoms with van der Waals surface area (Å²) in [6.07, 6.45) is 3.23. The molecular weight excluding hydrogens is 236 g/mol. The largest absolute Gasteiger partial charge is 0.343 e. The number of hydrogen-bond acceptors (Lipinski definition) is 3. The van der Waals surface area contributed by atoms with E-state index in [1.807, 2.05) is 9.80 Å². The van der Waals surface area contributed by atoms with E-state index in [1.165, 1.54) is 0 Å². The molecule has 4 nitrogen and oxygen atoms in total. The number of carbonyl (C=O) groups excluding carboxylic acids is 2. The van der Waals surface area contributed by atoms with Gasteiger partial charge in [-0.3, -0.25) is 9.59 Å². The second-order valence-corrected chi connectivity index (χ2v) is 5.30. The fraction of sp³-hybridized carbons (Fsp3) is 0.833. The number of thiol groups is 1. The van der Waals surface area contributed by atoms with Crippen molar-refractivity contribution in [3.05, 3.63) is 0 Å². The van der Waals surface area contributed by atoms with Crippen molar-refractivity contribution in [3.8, 4) is 0 Å². The Hall–Kier alpha value is -0.710. The molecule has 0 aromatic carbocycles. The van der Waals surface area contributed by atoms with Crippen LogP contribution in [0.25, 0.3) is 0 Å².